The third-order valence-corrected chi connectivity index (χ3v) is 5.70. The Morgan fingerprint density at radius 2 is 2.04 bits per heavy atom. The van der Waals surface area contributed by atoms with Gasteiger partial charge in [-0.1, -0.05) is 24.3 Å². The number of likely N-dealkylation sites (N-methyl/N-ethyl adjacent to an activating group) is 1. The van der Waals surface area contributed by atoms with Gasteiger partial charge in [-0.3, -0.25) is 9.69 Å². The first-order valence-corrected chi connectivity index (χ1v) is 9.34. The zero-order valence-corrected chi connectivity index (χ0v) is 16.1. The monoisotopic (exact) mass is 374 g/mol. The molecule has 0 fully saturated rings. The van der Waals surface area contributed by atoms with E-state index in [1.807, 2.05) is 50.4 Å². The Bertz CT molecular complexity index is 1160. The molecule has 0 bridgehead atoms. The van der Waals surface area contributed by atoms with E-state index in [1.165, 1.54) is 4.90 Å². The minimum Gasteiger partial charge on any atom is -0.487 e. The van der Waals surface area contributed by atoms with E-state index in [4.69, 9.17) is 10.5 Å². The molecule has 3 heterocycles. The predicted molar refractivity (Wildman–Crippen MR) is 109 cm³/mol. The molecule has 6 heteroatoms. The van der Waals surface area contributed by atoms with Gasteiger partial charge in [0, 0.05) is 30.8 Å². The lowest BCUT2D eigenvalue weighted by Crippen LogP contribution is -2.49. The Kier molecular flexibility index (Phi) is 3.24. The van der Waals surface area contributed by atoms with Crippen molar-refractivity contribution in [3.8, 4) is 16.9 Å². The molecule has 2 aliphatic rings. The molecule has 142 valence electrons. The number of para-hydroxylation sites is 1. The summed E-state index contributed by atoms with van der Waals surface area (Å²) in [6.07, 6.45) is 2.37. The Morgan fingerprint density at radius 3 is 2.79 bits per heavy atom. The number of hydrogen-bond acceptors (Lipinski definition) is 4. The molecule has 0 saturated heterocycles. The summed E-state index contributed by atoms with van der Waals surface area (Å²) < 4.78 is 6.20. The van der Waals surface area contributed by atoms with Crippen molar-refractivity contribution in [2.75, 3.05) is 7.05 Å². The molecule has 28 heavy (non-hydrogen) atoms. The second-order valence-corrected chi connectivity index (χ2v) is 8.19. The van der Waals surface area contributed by atoms with Crippen LogP contribution in [-0.2, 0) is 10.3 Å². The lowest BCUT2D eigenvalue weighted by Gasteiger charge is -2.41. The molecule has 1 aromatic heterocycles. The normalized spacial score (nSPS) is 23.0. The van der Waals surface area contributed by atoms with Crippen LogP contribution in [0.15, 0.2) is 53.7 Å². The Labute approximate surface area is 163 Å². The maximum absolute atomic E-state index is 13.2. The third kappa shape index (κ3) is 2.21. The lowest BCUT2D eigenvalue weighted by molar-refractivity contribution is -0.133. The van der Waals surface area contributed by atoms with Crippen LogP contribution < -0.4 is 10.5 Å². The summed E-state index contributed by atoms with van der Waals surface area (Å²) in [6.45, 7) is 3.95. The summed E-state index contributed by atoms with van der Waals surface area (Å²) in [5.74, 6) is 0.808. The van der Waals surface area contributed by atoms with E-state index >= 15 is 0 Å². The number of H-pyrrole nitrogens is 1. The lowest BCUT2D eigenvalue weighted by atomic mass is 9.77. The largest absolute Gasteiger partial charge is 0.487 e. The molecule has 1 atom stereocenters. The number of rotatable bonds is 1. The van der Waals surface area contributed by atoms with Gasteiger partial charge in [-0.2, -0.15) is 0 Å². The number of fused-ring (bicyclic) bond motifs is 3. The van der Waals surface area contributed by atoms with Gasteiger partial charge >= 0.3 is 0 Å². The van der Waals surface area contributed by atoms with Crippen LogP contribution in [0.3, 0.4) is 0 Å². The molecule has 3 N–H and O–H groups in total. The van der Waals surface area contributed by atoms with Crippen molar-refractivity contribution in [2.24, 2.45) is 10.7 Å². The van der Waals surface area contributed by atoms with Gasteiger partial charge in [-0.05, 0) is 43.0 Å². The van der Waals surface area contributed by atoms with Crippen molar-refractivity contribution in [3.05, 3.63) is 54.2 Å². The van der Waals surface area contributed by atoms with E-state index in [2.05, 4.69) is 22.1 Å². The van der Waals surface area contributed by atoms with Crippen LogP contribution in [0.2, 0.25) is 0 Å². The SMILES string of the molecule is CN1C(=O)C2(CC(C)(C)Oc3ccc(-c4cccc5cc[nH]c45)cc32)N=C1N. The molecule has 2 aromatic carbocycles. The summed E-state index contributed by atoms with van der Waals surface area (Å²) in [4.78, 5) is 22.6. The van der Waals surface area contributed by atoms with Crippen molar-refractivity contribution in [1.82, 2.24) is 9.88 Å². The summed E-state index contributed by atoms with van der Waals surface area (Å²) in [7, 11) is 1.67. The summed E-state index contributed by atoms with van der Waals surface area (Å²) >= 11 is 0. The highest BCUT2D eigenvalue weighted by atomic mass is 16.5. The molecule has 1 spiro atoms. The number of benzene rings is 2. The summed E-state index contributed by atoms with van der Waals surface area (Å²) in [6, 6.07) is 14.2. The number of aromatic amines is 1. The molecule has 0 aliphatic carbocycles. The molecule has 1 unspecified atom stereocenters. The third-order valence-electron chi connectivity index (χ3n) is 5.70. The minimum atomic E-state index is -1.05. The molecule has 5 rings (SSSR count). The first kappa shape index (κ1) is 16.9. The highest BCUT2D eigenvalue weighted by molar-refractivity contribution is 6.07. The molecule has 0 radical (unpaired) electrons. The maximum Gasteiger partial charge on any atom is 0.261 e. The molecular weight excluding hydrogens is 352 g/mol. The van der Waals surface area contributed by atoms with E-state index in [9.17, 15) is 4.79 Å². The van der Waals surface area contributed by atoms with Gasteiger partial charge in [0.15, 0.2) is 11.5 Å². The van der Waals surface area contributed by atoms with Crippen molar-refractivity contribution in [1.29, 1.82) is 0 Å². The number of nitrogens with two attached hydrogens (primary N) is 1. The average molecular weight is 374 g/mol. The van der Waals surface area contributed by atoms with Gasteiger partial charge in [0.2, 0.25) is 0 Å². The fraction of sp³-hybridized carbons (Fsp3) is 0.273. The maximum atomic E-state index is 13.2. The molecule has 3 aromatic rings. The minimum absolute atomic E-state index is 0.113. The number of aliphatic imine (C=N–C) groups is 1. The number of aromatic nitrogens is 1. The first-order valence-electron chi connectivity index (χ1n) is 9.34. The van der Waals surface area contributed by atoms with Crippen LogP contribution in [0, 0.1) is 0 Å². The molecule has 0 saturated carbocycles. The standard InChI is InChI=1S/C22H22N4O2/c1-21(2)12-22(19(27)26(3)20(23)25-22)16-11-14(7-8-17(16)28-21)15-6-4-5-13-9-10-24-18(13)15/h4-11,24H,12H2,1-3H3,(H2,23,25). The molecule has 1 amide bonds. The number of amides is 1. The highest BCUT2D eigenvalue weighted by Gasteiger charge is 2.55. The van der Waals surface area contributed by atoms with Crippen LogP contribution in [0.25, 0.3) is 22.0 Å². The van der Waals surface area contributed by atoms with Gasteiger partial charge in [-0.15, -0.1) is 0 Å². The number of hydrogen-bond donors (Lipinski definition) is 2. The summed E-state index contributed by atoms with van der Waals surface area (Å²) in [5, 5.41) is 1.14. The number of nitrogens with zero attached hydrogens (tertiary/aromatic N) is 2. The quantitative estimate of drug-likeness (QED) is 0.685. The second kappa shape index (κ2) is 5.38. The van der Waals surface area contributed by atoms with Crippen molar-refractivity contribution < 1.29 is 9.53 Å². The van der Waals surface area contributed by atoms with Crippen LogP contribution >= 0.6 is 0 Å². The fourth-order valence-corrected chi connectivity index (χ4v) is 4.47. The van der Waals surface area contributed by atoms with Gasteiger partial charge in [0.1, 0.15) is 11.4 Å². The molecular formula is C22H22N4O2. The molecule has 6 nitrogen and oxygen atoms in total. The summed E-state index contributed by atoms with van der Waals surface area (Å²) in [5.41, 5.74) is 8.37. The van der Waals surface area contributed by atoms with E-state index in [1.54, 1.807) is 7.05 Å². The van der Waals surface area contributed by atoms with Gasteiger partial charge in [0.05, 0.1) is 5.52 Å². The van der Waals surface area contributed by atoms with Crippen LogP contribution in [0.5, 0.6) is 5.75 Å². The highest BCUT2D eigenvalue weighted by Crippen LogP contribution is 2.50. The predicted octanol–water partition coefficient (Wildman–Crippen LogP) is 3.38. The number of nitrogens with one attached hydrogen (secondary N) is 1. The number of ether oxygens (including phenoxy) is 1. The Balaban J connectivity index is 1.75. The zero-order valence-electron chi connectivity index (χ0n) is 16.1. The van der Waals surface area contributed by atoms with Gasteiger partial charge in [0.25, 0.3) is 5.91 Å². The molecule has 2 aliphatic heterocycles. The van der Waals surface area contributed by atoms with Crippen LogP contribution in [0.1, 0.15) is 25.8 Å². The van der Waals surface area contributed by atoms with Gasteiger partial charge < -0.3 is 15.5 Å². The number of guanidine groups is 1. The van der Waals surface area contributed by atoms with E-state index in [-0.39, 0.29) is 11.9 Å². The van der Waals surface area contributed by atoms with Crippen LogP contribution in [0.4, 0.5) is 0 Å². The van der Waals surface area contributed by atoms with Gasteiger partial charge in [-0.25, -0.2) is 4.99 Å². The number of carbonyl (C=O) groups excluding carboxylic acids is 1. The van der Waals surface area contributed by atoms with Crippen molar-refractivity contribution in [3.63, 3.8) is 0 Å². The van der Waals surface area contributed by atoms with E-state index in [0.29, 0.717) is 12.2 Å². The van der Waals surface area contributed by atoms with E-state index in [0.717, 1.165) is 27.6 Å². The fourth-order valence-electron chi connectivity index (χ4n) is 4.47. The van der Waals surface area contributed by atoms with Crippen LogP contribution in [-0.4, -0.2) is 34.4 Å². The van der Waals surface area contributed by atoms with E-state index < -0.39 is 11.1 Å². The zero-order chi connectivity index (χ0) is 19.7. The number of carbonyl (C=O) groups is 1. The first-order chi connectivity index (χ1) is 13.3. The van der Waals surface area contributed by atoms with Crippen molar-refractivity contribution >= 4 is 22.8 Å². The topological polar surface area (TPSA) is 83.7 Å². The smallest absolute Gasteiger partial charge is 0.261 e. The Hall–Kier alpha value is -3.28. The van der Waals surface area contributed by atoms with Crippen molar-refractivity contribution in [2.45, 2.75) is 31.4 Å². The second-order valence-electron chi connectivity index (χ2n) is 8.19. The Morgan fingerprint density at radius 1 is 1.21 bits per heavy atom. The average Bonchev–Trinajstić information content (AvgIpc) is 3.21.